The number of sulfonamides is 1. The van der Waals surface area contributed by atoms with E-state index in [0.717, 1.165) is 27.8 Å². The Morgan fingerprint density at radius 3 is 2.19 bits per heavy atom. The number of amides is 1. The van der Waals surface area contributed by atoms with Crippen molar-refractivity contribution >= 4 is 21.6 Å². The average Bonchev–Trinajstić information content (AvgIpc) is 2.56. The number of benzene rings is 2. The summed E-state index contributed by atoms with van der Waals surface area (Å²) in [5.41, 5.74) is 1.84. The van der Waals surface area contributed by atoms with Gasteiger partial charge in [-0.15, -0.1) is 0 Å². The molecule has 0 fully saturated rings. The van der Waals surface area contributed by atoms with Crippen molar-refractivity contribution in [2.75, 3.05) is 10.6 Å². The summed E-state index contributed by atoms with van der Waals surface area (Å²) in [6.45, 7) is 5.21. The zero-order chi connectivity index (χ0) is 19.5. The summed E-state index contributed by atoms with van der Waals surface area (Å²) >= 11 is 0. The first kappa shape index (κ1) is 19.9. The molecule has 0 saturated carbocycles. The Kier molecular flexibility index (Phi) is 6.02. The average molecular weight is 378 g/mol. The van der Waals surface area contributed by atoms with E-state index in [0.29, 0.717) is 0 Å². The number of hydrogen-bond donors (Lipinski definition) is 1. The van der Waals surface area contributed by atoms with Gasteiger partial charge in [0.2, 0.25) is 15.9 Å². The van der Waals surface area contributed by atoms with Gasteiger partial charge in [0.15, 0.2) is 0 Å². The second-order valence-corrected chi connectivity index (χ2v) is 8.19. The van der Waals surface area contributed by atoms with Crippen molar-refractivity contribution in [1.29, 1.82) is 0 Å². The smallest absolute Gasteiger partial charge is 0.244 e. The molecule has 1 amide bonds. The molecule has 7 heteroatoms. The molecule has 0 saturated heterocycles. The molecule has 5 nitrogen and oxygen atoms in total. The number of carbonyl (C=O) groups is 1. The minimum Gasteiger partial charge on any atom is -0.348 e. The molecule has 0 radical (unpaired) electrons. The number of nitrogens with one attached hydrogen (secondary N) is 1. The molecule has 0 bridgehead atoms. The Hall–Kier alpha value is -2.41. The van der Waals surface area contributed by atoms with Crippen LogP contribution in [-0.4, -0.2) is 26.6 Å². The lowest BCUT2D eigenvalue weighted by Crippen LogP contribution is -2.48. The molecule has 2 aromatic rings. The monoisotopic (exact) mass is 378 g/mol. The molecule has 0 heterocycles. The first-order valence-corrected chi connectivity index (χ1v) is 10.1. The maximum atomic E-state index is 14.1. The van der Waals surface area contributed by atoms with Crippen LogP contribution >= 0.6 is 0 Å². The van der Waals surface area contributed by atoms with Crippen LogP contribution in [0.2, 0.25) is 0 Å². The molecule has 0 aromatic heterocycles. The van der Waals surface area contributed by atoms with E-state index in [-0.39, 0.29) is 11.7 Å². The highest BCUT2D eigenvalue weighted by Gasteiger charge is 2.31. The number of hydrogen-bond acceptors (Lipinski definition) is 3. The lowest BCUT2D eigenvalue weighted by Gasteiger charge is -2.29. The van der Waals surface area contributed by atoms with Crippen LogP contribution in [0.1, 0.15) is 31.0 Å². The number of halogens is 1. The van der Waals surface area contributed by atoms with E-state index >= 15 is 0 Å². The van der Waals surface area contributed by atoms with Gasteiger partial charge in [0.25, 0.3) is 0 Å². The number of anilines is 1. The largest absolute Gasteiger partial charge is 0.348 e. The van der Waals surface area contributed by atoms with Crippen molar-refractivity contribution in [2.45, 2.75) is 32.9 Å². The Morgan fingerprint density at radius 2 is 1.65 bits per heavy atom. The Bertz CT molecular complexity index is 882. The van der Waals surface area contributed by atoms with Gasteiger partial charge >= 0.3 is 0 Å². The van der Waals surface area contributed by atoms with Crippen LogP contribution in [0, 0.1) is 12.7 Å². The lowest BCUT2D eigenvalue weighted by atomic mass is 10.1. The third-order valence-corrected chi connectivity index (χ3v) is 5.34. The highest BCUT2D eigenvalue weighted by molar-refractivity contribution is 7.92. The molecular weight excluding hydrogens is 355 g/mol. The molecule has 140 valence electrons. The van der Waals surface area contributed by atoms with Crippen LogP contribution in [0.25, 0.3) is 0 Å². The van der Waals surface area contributed by atoms with Crippen LogP contribution in [0.5, 0.6) is 0 Å². The lowest BCUT2D eigenvalue weighted by molar-refractivity contribution is -0.122. The van der Waals surface area contributed by atoms with Gasteiger partial charge in [-0.2, -0.15) is 0 Å². The minimum atomic E-state index is -3.86. The van der Waals surface area contributed by atoms with E-state index in [1.165, 1.54) is 25.1 Å². The minimum absolute atomic E-state index is 0.152. The van der Waals surface area contributed by atoms with Gasteiger partial charge in [-0.1, -0.05) is 42.0 Å². The van der Waals surface area contributed by atoms with Gasteiger partial charge in [0, 0.05) is 0 Å². The van der Waals surface area contributed by atoms with Gasteiger partial charge in [0.1, 0.15) is 11.9 Å². The third-order valence-electron chi connectivity index (χ3n) is 4.11. The number of carbonyl (C=O) groups excluding carboxylic acids is 1. The van der Waals surface area contributed by atoms with Gasteiger partial charge in [-0.25, -0.2) is 12.8 Å². The van der Waals surface area contributed by atoms with Crippen LogP contribution in [0.15, 0.2) is 48.5 Å². The molecular formula is C19H23FN2O3S. The fraction of sp³-hybridized carbons (Fsp3) is 0.316. The predicted molar refractivity (Wildman–Crippen MR) is 101 cm³/mol. The zero-order valence-electron chi connectivity index (χ0n) is 15.2. The van der Waals surface area contributed by atoms with Crippen molar-refractivity contribution in [3.05, 3.63) is 65.5 Å². The second-order valence-electron chi connectivity index (χ2n) is 6.33. The van der Waals surface area contributed by atoms with Gasteiger partial charge in [0.05, 0.1) is 18.0 Å². The van der Waals surface area contributed by atoms with Crippen molar-refractivity contribution in [3.63, 3.8) is 0 Å². The molecule has 0 aliphatic heterocycles. The molecule has 0 spiro atoms. The summed E-state index contributed by atoms with van der Waals surface area (Å²) in [5.74, 6) is -1.21. The Balaban J connectivity index is 2.25. The number of nitrogens with zero attached hydrogens (tertiary/aromatic N) is 1. The molecule has 2 rings (SSSR count). The van der Waals surface area contributed by atoms with Crippen molar-refractivity contribution in [1.82, 2.24) is 5.32 Å². The van der Waals surface area contributed by atoms with Crippen molar-refractivity contribution in [3.8, 4) is 0 Å². The summed E-state index contributed by atoms with van der Waals surface area (Å²) < 4.78 is 39.3. The number of rotatable bonds is 6. The molecule has 1 N–H and O–H groups in total. The van der Waals surface area contributed by atoms with Gasteiger partial charge in [-0.05, 0) is 38.5 Å². The van der Waals surface area contributed by atoms with E-state index < -0.39 is 27.8 Å². The van der Waals surface area contributed by atoms with Crippen molar-refractivity contribution in [2.24, 2.45) is 0 Å². The third kappa shape index (κ3) is 4.60. The van der Waals surface area contributed by atoms with E-state index in [1.807, 2.05) is 38.1 Å². The second kappa shape index (κ2) is 7.86. The fourth-order valence-electron chi connectivity index (χ4n) is 2.68. The molecule has 0 aliphatic carbocycles. The quantitative estimate of drug-likeness (QED) is 0.840. The maximum Gasteiger partial charge on any atom is 0.244 e. The first-order chi connectivity index (χ1) is 12.1. The number of aryl methyl sites for hydroxylation is 1. The maximum absolute atomic E-state index is 14.1. The van der Waals surface area contributed by atoms with Crippen LogP contribution < -0.4 is 9.62 Å². The normalized spacial score (nSPS) is 13.7. The van der Waals surface area contributed by atoms with Crippen molar-refractivity contribution < 1.29 is 17.6 Å². The molecule has 2 aromatic carbocycles. The Morgan fingerprint density at radius 1 is 1.08 bits per heavy atom. The molecule has 0 aliphatic rings. The standard InChI is InChI=1S/C19H23FN2O3S/c1-13-9-11-16(12-10-13)14(2)21-19(23)15(3)22(26(4,24)25)18-8-6-5-7-17(18)20/h5-12,14-15H,1-4H3,(H,21,23)/t14-,15+/m1/s1. The van der Waals surface area contributed by atoms with Gasteiger partial charge < -0.3 is 5.32 Å². The topological polar surface area (TPSA) is 66.5 Å². The van der Waals surface area contributed by atoms with Crippen LogP contribution in [-0.2, 0) is 14.8 Å². The fourth-order valence-corrected chi connectivity index (χ4v) is 3.86. The van der Waals surface area contributed by atoms with Crippen LogP contribution in [0.3, 0.4) is 0 Å². The first-order valence-electron chi connectivity index (χ1n) is 8.22. The van der Waals surface area contributed by atoms with Gasteiger partial charge in [-0.3, -0.25) is 9.10 Å². The summed E-state index contributed by atoms with van der Waals surface area (Å²) in [4.78, 5) is 12.6. The molecule has 0 unspecified atom stereocenters. The highest BCUT2D eigenvalue weighted by Crippen LogP contribution is 2.24. The zero-order valence-corrected chi connectivity index (χ0v) is 16.0. The van der Waals surface area contributed by atoms with E-state index in [1.54, 1.807) is 0 Å². The summed E-state index contributed by atoms with van der Waals surface area (Å²) in [6.07, 6.45) is 0.951. The Labute approximate surface area is 153 Å². The van der Waals surface area contributed by atoms with E-state index in [2.05, 4.69) is 5.32 Å². The number of para-hydroxylation sites is 1. The highest BCUT2D eigenvalue weighted by atomic mass is 32.2. The summed E-state index contributed by atoms with van der Waals surface area (Å²) in [7, 11) is -3.86. The predicted octanol–water partition coefficient (Wildman–Crippen LogP) is 3.17. The van der Waals surface area contributed by atoms with Crippen LogP contribution in [0.4, 0.5) is 10.1 Å². The molecule has 26 heavy (non-hydrogen) atoms. The van der Waals surface area contributed by atoms with E-state index in [4.69, 9.17) is 0 Å². The van der Waals surface area contributed by atoms with E-state index in [9.17, 15) is 17.6 Å². The summed E-state index contributed by atoms with van der Waals surface area (Å²) in [6, 6.07) is 11.7. The molecule has 2 atom stereocenters. The SMILES string of the molecule is Cc1ccc([C@@H](C)NC(=O)[C@H](C)N(c2ccccc2F)S(C)(=O)=O)cc1. The summed E-state index contributed by atoms with van der Waals surface area (Å²) in [5, 5.41) is 2.79.